The van der Waals surface area contributed by atoms with E-state index in [1.54, 1.807) is 6.07 Å². The van der Waals surface area contributed by atoms with Crippen molar-refractivity contribution in [3.05, 3.63) is 47.7 Å². The van der Waals surface area contributed by atoms with Crippen LogP contribution in [0.3, 0.4) is 0 Å². The van der Waals surface area contributed by atoms with Crippen molar-refractivity contribution in [2.75, 3.05) is 12.3 Å². The highest BCUT2D eigenvalue weighted by Gasteiger charge is 2.07. The summed E-state index contributed by atoms with van der Waals surface area (Å²) in [6, 6.07) is 11.1. The molecule has 0 amide bonds. The van der Waals surface area contributed by atoms with E-state index in [0.29, 0.717) is 23.7 Å². The molecule has 0 aliphatic heterocycles. The zero-order chi connectivity index (χ0) is 13.0. The van der Waals surface area contributed by atoms with Gasteiger partial charge in [-0.3, -0.25) is 0 Å². The van der Waals surface area contributed by atoms with Gasteiger partial charge >= 0.3 is 0 Å². The average Bonchev–Trinajstić information content (AvgIpc) is 2.36. The minimum Gasteiger partial charge on any atom is -0.437 e. The van der Waals surface area contributed by atoms with Gasteiger partial charge in [-0.25, -0.2) is 4.98 Å². The summed E-state index contributed by atoms with van der Waals surface area (Å²) >= 11 is 0. The van der Waals surface area contributed by atoms with Crippen molar-refractivity contribution in [1.82, 2.24) is 4.98 Å². The van der Waals surface area contributed by atoms with Crippen molar-refractivity contribution in [3.8, 4) is 11.6 Å². The molecule has 0 atom stereocenters. The van der Waals surface area contributed by atoms with E-state index in [2.05, 4.69) is 4.98 Å². The van der Waals surface area contributed by atoms with Gasteiger partial charge in [0.15, 0.2) is 0 Å². The Labute approximate surface area is 106 Å². The molecule has 0 spiro atoms. The summed E-state index contributed by atoms with van der Waals surface area (Å²) in [4.78, 5) is 4.26. The van der Waals surface area contributed by atoms with Gasteiger partial charge in [0.1, 0.15) is 5.75 Å². The highest BCUT2D eigenvalue weighted by atomic mass is 16.5. The zero-order valence-electron chi connectivity index (χ0n) is 10.3. The van der Waals surface area contributed by atoms with Crippen LogP contribution in [-0.4, -0.2) is 16.7 Å². The molecule has 0 aliphatic rings. The SMILES string of the molecule is Cc1ccc(N)c(Oc2ccccc2CCO)n1. The molecule has 4 heteroatoms. The maximum absolute atomic E-state index is 9.01. The largest absolute Gasteiger partial charge is 0.437 e. The van der Waals surface area contributed by atoms with Crippen LogP contribution < -0.4 is 10.5 Å². The van der Waals surface area contributed by atoms with Crippen LogP contribution in [0.15, 0.2) is 36.4 Å². The highest BCUT2D eigenvalue weighted by molar-refractivity contribution is 5.50. The molecule has 0 bridgehead atoms. The molecule has 0 unspecified atom stereocenters. The van der Waals surface area contributed by atoms with Crippen LogP contribution in [0, 0.1) is 6.92 Å². The smallest absolute Gasteiger partial charge is 0.242 e. The van der Waals surface area contributed by atoms with E-state index in [-0.39, 0.29) is 6.61 Å². The van der Waals surface area contributed by atoms with E-state index >= 15 is 0 Å². The molecule has 1 heterocycles. The van der Waals surface area contributed by atoms with Crippen LogP contribution in [0.1, 0.15) is 11.3 Å². The first-order chi connectivity index (χ1) is 8.70. The van der Waals surface area contributed by atoms with E-state index in [1.807, 2.05) is 37.3 Å². The van der Waals surface area contributed by atoms with E-state index in [9.17, 15) is 0 Å². The number of pyridine rings is 1. The third-order valence-corrected chi connectivity index (χ3v) is 2.59. The number of anilines is 1. The van der Waals surface area contributed by atoms with E-state index in [0.717, 1.165) is 11.3 Å². The number of rotatable bonds is 4. The quantitative estimate of drug-likeness (QED) is 0.866. The monoisotopic (exact) mass is 244 g/mol. The third-order valence-electron chi connectivity index (χ3n) is 2.59. The second kappa shape index (κ2) is 5.51. The second-order valence-corrected chi connectivity index (χ2v) is 4.03. The number of aliphatic hydroxyl groups is 1. The maximum Gasteiger partial charge on any atom is 0.242 e. The molecule has 4 nitrogen and oxygen atoms in total. The predicted molar refractivity (Wildman–Crippen MR) is 70.7 cm³/mol. The number of nitrogens with zero attached hydrogens (tertiary/aromatic N) is 1. The summed E-state index contributed by atoms with van der Waals surface area (Å²) in [6.07, 6.45) is 0.544. The fourth-order valence-corrected chi connectivity index (χ4v) is 1.66. The Bertz CT molecular complexity index is 541. The van der Waals surface area contributed by atoms with Gasteiger partial charge in [-0.2, -0.15) is 0 Å². The lowest BCUT2D eigenvalue weighted by atomic mass is 10.1. The molecule has 94 valence electrons. The summed E-state index contributed by atoms with van der Waals surface area (Å²) in [6.45, 7) is 1.96. The minimum absolute atomic E-state index is 0.0805. The first-order valence-corrected chi connectivity index (χ1v) is 5.80. The Kier molecular flexibility index (Phi) is 3.79. The second-order valence-electron chi connectivity index (χ2n) is 4.03. The fourth-order valence-electron chi connectivity index (χ4n) is 1.66. The molecule has 3 N–H and O–H groups in total. The number of aliphatic hydroxyl groups excluding tert-OH is 1. The van der Waals surface area contributed by atoms with Gasteiger partial charge in [0, 0.05) is 12.3 Å². The maximum atomic E-state index is 9.01. The van der Waals surface area contributed by atoms with Gasteiger partial charge < -0.3 is 15.6 Å². The van der Waals surface area contributed by atoms with Crippen LogP contribution >= 0.6 is 0 Å². The van der Waals surface area contributed by atoms with Crippen LogP contribution in [0.4, 0.5) is 5.69 Å². The summed E-state index contributed by atoms with van der Waals surface area (Å²) in [7, 11) is 0. The Morgan fingerprint density at radius 3 is 2.78 bits per heavy atom. The summed E-state index contributed by atoms with van der Waals surface area (Å²) in [5.41, 5.74) is 8.10. The zero-order valence-corrected chi connectivity index (χ0v) is 10.3. The van der Waals surface area contributed by atoms with Crippen molar-refractivity contribution < 1.29 is 9.84 Å². The Balaban J connectivity index is 2.30. The van der Waals surface area contributed by atoms with E-state index in [1.165, 1.54) is 0 Å². The number of hydrogen-bond donors (Lipinski definition) is 2. The predicted octanol–water partition coefficient (Wildman–Crippen LogP) is 2.30. The van der Waals surface area contributed by atoms with Crippen LogP contribution in [0.5, 0.6) is 11.6 Å². The number of ether oxygens (including phenoxy) is 1. The average molecular weight is 244 g/mol. The normalized spacial score (nSPS) is 10.3. The molecule has 1 aromatic heterocycles. The number of aromatic nitrogens is 1. The molecule has 0 saturated carbocycles. The molecular formula is C14H16N2O2. The molecule has 2 aromatic rings. The molecule has 0 saturated heterocycles. The van der Waals surface area contributed by atoms with Gasteiger partial charge in [0.05, 0.1) is 5.69 Å². The fraction of sp³-hybridized carbons (Fsp3) is 0.214. The molecule has 18 heavy (non-hydrogen) atoms. The molecule has 0 radical (unpaired) electrons. The number of nitrogen functional groups attached to an aromatic ring is 1. The lowest BCUT2D eigenvalue weighted by Gasteiger charge is -2.11. The van der Waals surface area contributed by atoms with Gasteiger partial charge in [0.2, 0.25) is 5.88 Å². The number of benzene rings is 1. The molecule has 0 aliphatic carbocycles. The minimum atomic E-state index is 0.0805. The highest BCUT2D eigenvalue weighted by Crippen LogP contribution is 2.28. The Hall–Kier alpha value is -2.07. The number of para-hydroxylation sites is 1. The van der Waals surface area contributed by atoms with Crippen molar-refractivity contribution >= 4 is 5.69 Å². The van der Waals surface area contributed by atoms with Crippen molar-refractivity contribution in [2.45, 2.75) is 13.3 Å². The van der Waals surface area contributed by atoms with Gasteiger partial charge in [-0.15, -0.1) is 0 Å². The lowest BCUT2D eigenvalue weighted by molar-refractivity contribution is 0.297. The molecular weight excluding hydrogens is 228 g/mol. The number of nitrogens with two attached hydrogens (primary N) is 1. The lowest BCUT2D eigenvalue weighted by Crippen LogP contribution is -1.99. The standard InChI is InChI=1S/C14H16N2O2/c1-10-6-7-12(15)14(16-10)18-13-5-3-2-4-11(13)8-9-17/h2-7,17H,8-9,15H2,1H3. The third kappa shape index (κ3) is 2.78. The van der Waals surface area contributed by atoms with Crippen LogP contribution in [-0.2, 0) is 6.42 Å². The number of hydrogen-bond acceptors (Lipinski definition) is 4. The Morgan fingerprint density at radius 1 is 1.22 bits per heavy atom. The van der Waals surface area contributed by atoms with E-state index in [4.69, 9.17) is 15.6 Å². The summed E-state index contributed by atoms with van der Waals surface area (Å²) in [5.74, 6) is 1.08. The van der Waals surface area contributed by atoms with Crippen molar-refractivity contribution in [1.29, 1.82) is 0 Å². The van der Waals surface area contributed by atoms with Crippen molar-refractivity contribution in [3.63, 3.8) is 0 Å². The number of aryl methyl sites for hydroxylation is 1. The van der Waals surface area contributed by atoms with Gasteiger partial charge in [-0.05, 0) is 37.1 Å². The first kappa shape index (κ1) is 12.4. The topological polar surface area (TPSA) is 68.4 Å². The summed E-state index contributed by atoms with van der Waals surface area (Å²) < 4.78 is 5.73. The van der Waals surface area contributed by atoms with Gasteiger partial charge in [-0.1, -0.05) is 18.2 Å². The molecule has 1 aromatic carbocycles. The van der Waals surface area contributed by atoms with Crippen LogP contribution in [0.25, 0.3) is 0 Å². The first-order valence-electron chi connectivity index (χ1n) is 5.80. The summed E-state index contributed by atoms with van der Waals surface area (Å²) in [5, 5.41) is 9.01. The van der Waals surface area contributed by atoms with Crippen molar-refractivity contribution in [2.24, 2.45) is 0 Å². The molecule has 0 fully saturated rings. The Morgan fingerprint density at radius 2 is 2.00 bits per heavy atom. The van der Waals surface area contributed by atoms with Gasteiger partial charge in [0.25, 0.3) is 0 Å². The van der Waals surface area contributed by atoms with E-state index < -0.39 is 0 Å². The van der Waals surface area contributed by atoms with Crippen LogP contribution in [0.2, 0.25) is 0 Å². The molecule has 2 rings (SSSR count).